The van der Waals surface area contributed by atoms with Crippen LogP contribution in [0.1, 0.15) is 27.9 Å². The van der Waals surface area contributed by atoms with Crippen LogP contribution in [-0.4, -0.2) is 19.4 Å². The second kappa shape index (κ2) is 5.73. The van der Waals surface area contributed by atoms with Crippen molar-refractivity contribution in [3.8, 4) is 11.8 Å². The topological polar surface area (TPSA) is 59.3 Å². The summed E-state index contributed by atoms with van der Waals surface area (Å²) in [5.41, 5.74) is -2.81. The van der Waals surface area contributed by atoms with Gasteiger partial charge < -0.3 is 9.47 Å². The lowest BCUT2D eigenvalue weighted by atomic mass is 10.0. The number of alkyl halides is 5. The summed E-state index contributed by atoms with van der Waals surface area (Å²) in [4.78, 5) is 11.3. The van der Waals surface area contributed by atoms with Crippen molar-refractivity contribution in [1.29, 1.82) is 5.26 Å². The maximum Gasteiger partial charge on any atom is 0.573 e. The molecule has 0 heterocycles. The zero-order chi connectivity index (χ0) is 15.5. The monoisotopic (exact) mass is 295 g/mol. The molecule has 0 aliphatic carbocycles. The molecule has 1 rings (SSSR count). The Balaban J connectivity index is 3.57. The largest absolute Gasteiger partial charge is 0.573 e. The molecule has 0 unspecified atom stereocenters. The van der Waals surface area contributed by atoms with Crippen LogP contribution >= 0.6 is 0 Å². The summed E-state index contributed by atoms with van der Waals surface area (Å²) in [7, 11) is 0.882. The fraction of sp³-hybridized carbons (Fsp3) is 0.273. The van der Waals surface area contributed by atoms with Crippen molar-refractivity contribution >= 4 is 5.97 Å². The van der Waals surface area contributed by atoms with Crippen LogP contribution in [-0.2, 0) is 4.74 Å². The summed E-state index contributed by atoms with van der Waals surface area (Å²) < 4.78 is 69.8. The minimum absolute atomic E-state index is 0.665. The number of esters is 1. The molecule has 108 valence electrons. The fourth-order valence-electron chi connectivity index (χ4n) is 1.39. The molecule has 1 aromatic rings. The Morgan fingerprint density at radius 2 is 1.95 bits per heavy atom. The Bertz CT molecular complexity index is 562. The molecule has 0 spiro atoms. The molecule has 0 aliphatic rings. The zero-order valence-corrected chi connectivity index (χ0v) is 9.79. The number of halogens is 5. The quantitative estimate of drug-likeness (QED) is 0.634. The molecule has 0 saturated carbocycles. The van der Waals surface area contributed by atoms with E-state index in [2.05, 4.69) is 9.47 Å². The first-order valence-corrected chi connectivity index (χ1v) is 4.90. The molecule has 0 saturated heterocycles. The molecule has 0 aliphatic heterocycles. The van der Waals surface area contributed by atoms with Gasteiger partial charge >= 0.3 is 12.3 Å². The number of nitriles is 1. The molecule has 0 atom stereocenters. The average molecular weight is 295 g/mol. The first-order chi connectivity index (χ1) is 9.21. The standard InChI is InChI=1S/C11H6F5NO3/c1-19-10(18)6-3-2-5(9(12)13)7(4-17)8(6)20-11(14,15)16/h2-3,9H,1H3. The van der Waals surface area contributed by atoms with E-state index in [1.54, 1.807) is 0 Å². The molecule has 0 N–H and O–H groups in total. The maximum atomic E-state index is 12.6. The third kappa shape index (κ3) is 3.34. The van der Waals surface area contributed by atoms with Crippen LogP contribution in [0.15, 0.2) is 12.1 Å². The van der Waals surface area contributed by atoms with Crippen LogP contribution in [0.4, 0.5) is 22.0 Å². The van der Waals surface area contributed by atoms with Gasteiger partial charge in [0.2, 0.25) is 0 Å². The Kier molecular flexibility index (Phi) is 4.49. The van der Waals surface area contributed by atoms with E-state index in [4.69, 9.17) is 5.26 Å². The van der Waals surface area contributed by atoms with E-state index >= 15 is 0 Å². The van der Waals surface area contributed by atoms with E-state index in [0.717, 1.165) is 7.11 Å². The summed E-state index contributed by atoms with van der Waals surface area (Å²) in [6, 6.07) is 2.52. The van der Waals surface area contributed by atoms with Crippen molar-refractivity contribution in [2.45, 2.75) is 12.8 Å². The Morgan fingerprint density at radius 1 is 1.35 bits per heavy atom. The van der Waals surface area contributed by atoms with Crippen LogP contribution in [0.2, 0.25) is 0 Å². The molecule has 0 amide bonds. The summed E-state index contributed by atoms with van der Waals surface area (Å²) >= 11 is 0. The van der Waals surface area contributed by atoms with Gasteiger partial charge in [0.15, 0.2) is 5.75 Å². The second-order valence-electron chi connectivity index (χ2n) is 3.36. The first kappa shape index (κ1) is 15.7. The van der Waals surface area contributed by atoms with Crippen LogP contribution in [0.3, 0.4) is 0 Å². The molecule has 0 aromatic heterocycles. The van der Waals surface area contributed by atoms with E-state index in [-0.39, 0.29) is 0 Å². The summed E-state index contributed by atoms with van der Waals surface area (Å²) in [5.74, 6) is -2.55. The van der Waals surface area contributed by atoms with Gasteiger partial charge in [0.05, 0.1) is 7.11 Å². The van der Waals surface area contributed by atoms with Crippen LogP contribution in [0.25, 0.3) is 0 Å². The molecular weight excluding hydrogens is 289 g/mol. The highest BCUT2D eigenvalue weighted by Crippen LogP contribution is 2.36. The predicted octanol–water partition coefficient (Wildman–Crippen LogP) is 3.18. The Hall–Kier alpha value is -2.37. The highest BCUT2D eigenvalue weighted by molar-refractivity contribution is 5.93. The lowest BCUT2D eigenvalue weighted by molar-refractivity contribution is -0.274. The van der Waals surface area contributed by atoms with E-state index in [9.17, 15) is 26.7 Å². The minimum Gasteiger partial charge on any atom is -0.465 e. The molecule has 4 nitrogen and oxygen atoms in total. The zero-order valence-electron chi connectivity index (χ0n) is 9.79. The van der Waals surface area contributed by atoms with Crippen LogP contribution in [0.5, 0.6) is 5.75 Å². The Labute approximate surface area is 109 Å². The van der Waals surface area contributed by atoms with Crippen molar-refractivity contribution in [1.82, 2.24) is 0 Å². The molecule has 0 fully saturated rings. The molecule has 0 radical (unpaired) electrons. The van der Waals surface area contributed by atoms with Gasteiger partial charge in [-0.05, 0) is 6.07 Å². The molecular formula is C11H6F5NO3. The van der Waals surface area contributed by atoms with Crippen LogP contribution < -0.4 is 4.74 Å². The van der Waals surface area contributed by atoms with Crippen LogP contribution in [0, 0.1) is 11.3 Å². The number of carbonyl (C=O) groups is 1. The molecule has 0 bridgehead atoms. The summed E-state index contributed by atoms with van der Waals surface area (Å²) in [5, 5.41) is 8.74. The van der Waals surface area contributed by atoms with Crippen molar-refractivity contribution < 1.29 is 36.2 Å². The van der Waals surface area contributed by atoms with Gasteiger partial charge in [-0.1, -0.05) is 6.07 Å². The lowest BCUT2D eigenvalue weighted by Gasteiger charge is -2.15. The van der Waals surface area contributed by atoms with Gasteiger partial charge in [0.1, 0.15) is 17.2 Å². The highest BCUT2D eigenvalue weighted by atomic mass is 19.4. The number of rotatable bonds is 3. The van der Waals surface area contributed by atoms with Gasteiger partial charge in [-0.3, -0.25) is 0 Å². The van der Waals surface area contributed by atoms with Gasteiger partial charge in [0, 0.05) is 5.56 Å². The smallest absolute Gasteiger partial charge is 0.465 e. The number of carbonyl (C=O) groups excluding carboxylic acids is 1. The van der Waals surface area contributed by atoms with E-state index in [0.29, 0.717) is 12.1 Å². The number of ether oxygens (including phenoxy) is 2. The van der Waals surface area contributed by atoms with Crippen molar-refractivity contribution in [3.63, 3.8) is 0 Å². The second-order valence-corrected chi connectivity index (χ2v) is 3.36. The van der Waals surface area contributed by atoms with Crippen molar-refractivity contribution in [3.05, 3.63) is 28.8 Å². The predicted molar refractivity (Wildman–Crippen MR) is 54.1 cm³/mol. The molecule has 9 heteroatoms. The van der Waals surface area contributed by atoms with Gasteiger partial charge in [-0.15, -0.1) is 13.2 Å². The SMILES string of the molecule is COC(=O)c1ccc(C(F)F)c(C#N)c1OC(F)(F)F. The maximum absolute atomic E-state index is 12.6. The van der Waals surface area contributed by atoms with Crippen molar-refractivity contribution in [2.75, 3.05) is 7.11 Å². The van der Waals surface area contributed by atoms with Gasteiger partial charge in [0.25, 0.3) is 6.43 Å². The number of nitrogens with zero attached hydrogens (tertiary/aromatic N) is 1. The van der Waals surface area contributed by atoms with Gasteiger partial charge in [-0.2, -0.15) is 5.26 Å². The number of benzene rings is 1. The lowest BCUT2D eigenvalue weighted by Crippen LogP contribution is -2.21. The molecule has 1 aromatic carbocycles. The van der Waals surface area contributed by atoms with E-state index in [1.165, 1.54) is 6.07 Å². The summed E-state index contributed by atoms with van der Waals surface area (Å²) in [6.45, 7) is 0. The number of hydrogen-bond donors (Lipinski definition) is 0. The first-order valence-electron chi connectivity index (χ1n) is 4.90. The Morgan fingerprint density at radius 3 is 2.35 bits per heavy atom. The average Bonchev–Trinajstić information content (AvgIpc) is 2.35. The normalized spacial score (nSPS) is 11.1. The van der Waals surface area contributed by atoms with Gasteiger partial charge in [-0.25, -0.2) is 13.6 Å². The minimum atomic E-state index is -5.25. The fourth-order valence-corrected chi connectivity index (χ4v) is 1.39. The number of hydrogen-bond acceptors (Lipinski definition) is 4. The summed E-state index contributed by atoms with van der Waals surface area (Å²) in [6.07, 6.45) is -8.46. The third-order valence-electron chi connectivity index (χ3n) is 2.16. The van der Waals surface area contributed by atoms with E-state index in [1.807, 2.05) is 0 Å². The van der Waals surface area contributed by atoms with E-state index < -0.39 is 41.2 Å². The molecule has 20 heavy (non-hydrogen) atoms. The number of methoxy groups -OCH3 is 1. The van der Waals surface area contributed by atoms with Crippen molar-refractivity contribution in [2.24, 2.45) is 0 Å². The third-order valence-corrected chi connectivity index (χ3v) is 2.16. The highest BCUT2D eigenvalue weighted by Gasteiger charge is 2.36.